The molecule has 1 aromatic carbocycles. The third kappa shape index (κ3) is 3.20. The van der Waals surface area contributed by atoms with E-state index in [0.29, 0.717) is 0 Å². The predicted molar refractivity (Wildman–Crippen MR) is 72.3 cm³/mol. The molecule has 0 aliphatic heterocycles. The zero-order valence-electron chi connectivity index (χ0n) is 11.5. The second-order valence-corrected chi connectivity index (χ2v) is 5.03. The van der Waals surface area contributed by atoms with Gasteiger partial charge >= 0.3 is 0 Å². The quantitative estimate of drug-likeness (QED) is 0.827. The zero-order chi connectivity index (χ0) is 13.1. The van der Waals surface area contributed by atoms with Gasteiger partial charge in [0.25, 0.3) is 0 Å². The van der Waals surface area contributed by atoms with Crippen LogP contribution in [0.3, 0.4) is 0 Å². The van der Waals surface area contributed by atoms with E-state index in [0.717, 1.165) is 24.5 Å². The van der Waals surface area contributed by atoms with Crippen LogP contribution in [0.2, 0.25) is 0 Å². The SMILES string of the molecule is Cc1ccc(C)c(CN(C)Cc2cc(C)on2)c1. The summed E-state index contributed by atoms with van der Waals surface area (Å²) >= 11 is 0. The molecule has 0 unspecified atom stereocenters. The van der Waals surface area contributed by atoms with E-state index < -0.39 is 0 Å². The molecular weight excluding hydrogens is 224 g/mol. The van der Waals surface area contributed by atoms with Crippen molar-refractivity contribution in [3.8, 4) is 0 Å². The van der Waals surface area contributed by atoms with Gasteiger partial charge in [0.2, 0.25) is 0 Å². The van der Waals surface area contributed by atoms with E-state index >= 15 is 0 Å². The smallest absolute Gasteiger partial charge is 0.133 e. The minimum atomic E-state index is 0.810. The fraction of sp³-hybridized carbons (Fsp3) is 0.400. The predicted octanol–water partition coefficient (Wildman–Crippen LogP) is 3.23. The number of hydrogen-bond acceptors (Lipinski definition) is 3. The first-order chi connectivity index (χ1) is 8.54. The summed E-state index contributed by atoms with van der Waals surface area (Å²) in [6.45, 7) is 7.94. The molecule has 1 aromatic heterocycles. The molecule has 0 fully saturated rings. The number of hydrogen-bond donors (Lipinski definition) is 0. The molecule has 0 radical (unpaired) electrons. The maximum absolute atomic E-state index is 5.08. The second-order valence-electron chi connectivity index (χ2n) is 5.03. The lowest BCUT2D eigenvalue weighted by Gasteiger charge is -2.17. The van der Waals surface area contributed by atoms with E-state index in [2.05, 4.69) is 49.2 Å². The summed E-state index contributed by atoms with van der Waals surface area (Å²) in [6.07, 6.45) is 0. The maximum atomic E-state index is 5.08. The van der Waals surface area contributed by atoms with Gasteiger partial charge in [-0.2, -0.15) is 0 Å². The van der Waals surface area contributed by atoms with Crippen molar-refractivity contribution in [2.75, 3.05) is 7.05 Å². The molecule has 0 atom stereocenters. The highest BCUT2D eigenvalue weighted by Crippen LogP contribution is 2.14. The molecule has 0 saturated carbocycles. The lowest BCUT2D eigenvalue weighted by molar-refractivity contribution is 0.301. The summed E-state index contributed by atoms with van der Waals surface area (Å²) < 4.78 is 5.08. The van der Waals surface area contributed by atoms with Gasteiger partial charge in [0, 0.05) is 19.2 Å². The summed E-state index contributed by atoms with van der Waals surface area (Å²) in [5.41, 5.74) is 5.00. The van der Waals surface area contributed by atoms with E-state index in [-0.39, 0.29) is 0 Å². The first-order valence-electron chi connectivity index (χ1n) is 6.21. The van der Waals surface area contributed by atoms with Gasteiger partial charge in [-0.1, -0.05) is 28.9 Å². The molecule has 3 heteroatoms. The molecular formula is C15H20N2O. The van der Waals surface area contributed by atoms with Crippen LogP contribution in [0, 0.1) is 20.8 Å². The topological polar surface area (TPSA) is 29.3 Å². The average molecular weight is 244 g/mol. The second kappa shape index (κ2) is 5.36. The van der Waals surface area contributed by atoms with Crippen molar-refractivity contribution in [2.24, 2.45) is 0 Å². The number of aromatic nitrogens is 1. The van der Waals surface area contributed by atoms with Gasteiger partial charge in [-0.05, 0) is 38.9 Å². The van der Waals surface area contributed by atoms with Crippen molar-refractivity contribution in [2.45, 2.75) is 33.9 Å². The fourth-order valence-corrected chi connectivity index (χ4v) is 2.09. The average Bonchev–Trinajstić information content (AvgIpc) is 2.69. The number of aryl methyl sites for hydroxylation is 3. The highest BCUT2D eigenvalue weighted by atomic mass is 16.5. The Hall–Kier alpha value is -1.61. The van der Waals surface area contributed by atoms with Crippen LogP contribution >= 0.6 is 0 Å². The van der Waals surface area contributed by atoms with Gasteiger partial charge in [-0.15, -0.1) is 0 Å². The standard InChI is InChI=1S/C15H20N2O/c1-11-5-6-12(2)14(7-11)9-17(4)10-15-8-13(3)18-16-15/h5-8H,9-10H2,1-4H3. The Morgan fingerprint density at radius 3 is 2.56 bits per heavy atom. The zero-order valence-corrected chi connectivity index (χ0v) is 11.5. The van der Waals surface area contributed by atoms with E-state index in [4.69, 9.17) is 4.52 Å². The Kier molecular flexibility index (Phi) is 3.82. The molecule has 96 valence electrons. The normalized spacial score (nSPS) is 11.2. The molecule has 2 aromatic rings. The van der Waals surface area contributed by atoms with Gasteiger partial charge < -0.3 is 4.52 Å². The minimum absolute atomic E-state index is 0.810. The van der Waals surface area contributed by atoms with Crippen molar-refractivity contribution < 1.29 is 4.52 Å². The number of rotatable bonds is 4. The molecule has 3 nitrogen and oxygen atoms in total. The van der Waals surface area contributed by atoms with Crippen LogP contribution in [-0.2, 0) is 13.1 Å². The Labute approximate surface area is 108 Å². The summed E-state index contributed by atoms with van der Waals surface area (Å²) in [4.78, 5) is 2.25. The van der Waals surface area contributed by atoms with Crippen LogP contribution < -0.4 is 0 Å². The molecule has 0 spiro atoms. The molecule has 1 heterocycles. The minimum Gasteiger partial charge on any atom is -0.361 e. The Morgan fingerprint density at radius 1 is 1.11 bits per heavy atom. The van der Waals surface area contributed by atoms with Crippen molar-refractivity contribution in [3.63, 3.8) is 0 Å². The number of benzene rings is 1. The molecule has 0 N–H and O–H groups in total. The van der Waals surface area contributed by atoms with Gasteiger partial charge in [-0.3, -0.25) is 4.90 Å². The van der Waals surface area contributed by atoms with E-state index in [9.17, 15) is 0 Å². The maximum Gasteiger partial charge on any atom is 0.133 e. The van der Waals surface area contributed by atoms with Crippen LogP contribution in [0.25, 0.3) is 0 Å². The third-order valence-corrected chi connectivity index (χ3v) is 3.05. The van der Waals surface area contributed by atoms with Crippen molar-refractivity contribution in [1.82, 2.24) is 10.1 Å². The molecule has 18 heavy (non-hydrogen) atoms. The van der Waals surface area contributed by atoms with Crippen LogP contribution in [0.15, 0.2) is 28.8 Å². The van der Waals surface area contributed by atoms with Crippen LogP contribution in [0.5, 0.6) is 0 Å². The first-order valence-corrected chi connectivity index (χ1v) is 6.21. The Balaban J connectivity index is 2.02. The summed E-state index contributed by atoms with van der Waals surface area (Å²) in [5, 5.41) is 4.02. The van der Waals surface area contributed by atoms with E-state index in [1.165, 1.54) is 16.7 Å². The lowest BCUT2D eigenvalue weighted by Crippen LogP contribution is -2.18. The van der Waals surface area contributed by atoms with Crippen molar-refractivity contribution in [1.29, 1.82) is 0 Å². The van der Waals surface area contributed by atoms with Crippen LogP contribution in [-0.4, -0.2) is 17.1 Å². The van der Waals surface area contributed by atoms with E-state index in [1.54, 1.807) is 0 Å². The van der Waals surface area contributed by atoms with Gasteiger partial charge in [0.05, 0.1) is 5.69 Å². The molecule has 0 saturated heterocycles. The summed E-state index contributed by atoms with van der Waals surface area (Å²) in [5.74, 6) is 0.866. The Bertz CT molecular complexity index is 531. The van der Waals surface area contributed by atoms with Crippen LogP contribution in [0.4, 0.5) is 0 Å². The Morgan fingerprint density at radius 2 is 1.89 bits per heavy atom. The molecule has 0 aliphatic carbocycles. The monoisotopic (exact) mass is 244 g/mol. The lowest BCUT2D eigenvalue weighted by atomic mass is 10.1. The third-order valence-electron chi connectivity index (χ3n) is 3.05. The van der Waals surface area contributed by atoms with E-state index in [1.807, 2.05) is 13.0 Å². The highest BCUT2D eigenvalue weighted by molar-refractivity contribution is 5.30. The van der Waals surface area contributed by atoms with Gasteiger partial charge in [0.15, 0.2) is 0 Å². The largest absolute Gasteiger partial charge is 0.361 e. The molecule has 0 bridgehead atoms. The van der Waals surface area contributed by atoms with Crippen molar-refractivity contribution in [3.05, 3.63) is 52.4 Å². The molecule has 2 rings (SSSR count). The molecule has 0 amide bonds. The first kappa shape index (κ1) is 12.8. The van der Waals surface area contributed by atoms with Crippen LogP contribution in [0.1, 0.15) is 28.1 Å². The number of nitrogens with zero attached hydrogens (tertiary/aromatic N) is 2. The summed E-state index contributed by atoms with van der Waals surface area (Å²) in [6, 6.07) is 8.57. The fourth-order valence-electron chi connectivity index (χ4n) is 2.09. The summed E-state index contributed by atoms with van der Waals surface area (Å²) in [7, 11) is 2.10. The van der Waals surface area contributed by atoms with Gasteiger partial charge in [-0.25, -0.2) is 0 Å². The highest BCUT2D eigenvalue weighted by Gasteiger charge is 2.07. The van der Waals surface area contributed by atoms with Crippen molar-refractivity contribution >= 4 is 0 Å². The van der Waals surface area contributed by atoms with Gasteiger partial charge in [0.1, 0.15) is 5.76 Å². The molecule has 0 aliphatic rings.